The third-order valence-electron chi connectivity index (χ3n) is 8.46. The second-order valence-corrected chi connectivity index (χ2v) is 10.6. The number of aromatic nitrogens is 1. The quantitative estimate of drug-likeness (QED) is 0.368. The van der Waals surface area contributed by atoms with E-state index in [0.29, 0.717) is 42.0 Å². The molecule has 6 rings (SSSR count). The number of ether oxygens (including phenoxy) is 1. The predicted molar refractivity (Wildman–Crippen MR) is 148 cm³/mol. The molecule has 1 unspecified atom stereocenters. The number of benzene rings is 2. The van der Waals surface area contributed by atoms with Gasteiger partial charge in [0.2, 0.25) is 5.78 Å². The lowest BCUT2D eigenvalue weighted by Crippen LogP contribution is -2.56. The van der Waals surface area contributed by atoms with Crippen LogP contribution in [0.3, 0.4) is 0 Å². The topological polar surface area (TPSA) is 112 Å². The number of H-pyrrole nitrogens is 1. The Kier molecular flexibility index (Phi) is 5.99. The van der Waals surface area contributed by atoms with E-state index in [1.54, 1.807) is 12.3 Å². The minimum Gasteiger partial charge on any atom is -0.496 e. The first-order valence-corrected chi connectivity index (χ1v) is 13.2. The molecule has 0 saturated carbocycles. The molecule has 2 aliphatic carbocycles. The normalized spacial score (nSPS) is 19.9. The molecule has 1 spiro atoms. The molecule has 1 aromatic heterocycles. The fraction of sp³-hybridized carbons (Fsp3) is 0.290. The minimum atomic E-state index is -1.65. The number of urea groups is 1. The highest BCUT2D eigenvalue weighted by atomic mass is 16.5. The number of fused-ring (bicyclic) bond motifs is 4. The van der Waals surface area contributed by atoms with Crippen molar-refractivity contribution >= 4 is 29.1 Å². The predicted octanol–water partition coefficient (Wildman–Crippen LogP) is 3.32. The van der Waals surface area contributed by atoms with Gasteiger partial charge in [0, 0.05) is 50.0 Å². The SMILES string of the molecule is COc1ccc(C)c2c1CC1(C(=O)N(C)C(=O)N1C)C1=C2C(=O)c2[nH]cc(CCNCc3ccccc3)c2C1=O. The first-order chi connectivity index (χ1) is 19.2. The van der Waals surface area contributed by atoms with Crippen LogP contribution in [0, 0.1) is 6.92 Å². The molecule has 3 aromatic rings. The Morgan fingerprint density at radius 3 is 2.42 bits per heavy atom. The zero-order chi connectivity index (χ0) is 28.3. The van der Waals surface area contributed by atoms with E-state index in [0.717, 1.165) is 16.0 Å². The molecule has 3 aliphatic rings. The molecular formula is C31H30N4O5. The smallest absolute Gasteiger partial charge is 0.327 e. The molecule has 1 saturated heterocycles. The lowest BCUT2D eigenvalue weighted by atomic mass is 9.65. The number of aryl methyl sites for hydroxylation is 1. The molecule has 1 fully saturated rings. The summed E-state index contributed by atoms with van der Waals surface area (Å²) in [6.45, 7) is 3.12. The van der Waals surface area contributed by atoms with E-state index in [1.165, 1.54) is 26.1 Å². The zero-order valence-corrected chi connectivity index (χ0v) is 22.9. The summed E-state index contributed by atoms with van der Waals surface area (Å²) >= 11 is 0. The Hall–Kier alpha value is -4.50. The Morgan fingerprint density at radius 1 is 1.00 bits per heavy atom. The van der Waals surface area contributed by atoms with Crippen LogP contribution in [0.5, 0.6) is 5.75 Å². The van der Waals surface area contributed by atoms with Crippen molar-refractivity contribution in [1.82, 2.24) is 20.1 Å². The molecule has 0 radical (unpaired) electrons. The maximum Gasteiger partial charge on any atom is 0.327 e. The summed E-state index contributed by atoms with van der Waals surface area (Å²) in [5.74, 6) is -0.807. The van der Waals surface area contributed by atoms with Gasteiger partial charge in [-0.05, 0) is 48.2 Å². The van der Waals surface area contributed by atoms with E-state index in [1.807, 2.05) is 43.3 Å². The number of carbonyl (C=O) groups excluding carboxylic acids is 4. The standard InChI is InChI=1S/C31H30N4O5/c1-17-10-11-21(40-4)20-14-31(29(38)34(2)30(39)35(31)3)25-24(22(17)20)28(37)26-23(27(25)36)19(16-33-26)12-13-32-15-18-8-6-5-7-9-18/h5-11,16,32-33H,12-15H2,1-4H3. The van der Waals surface area contributed by atoms with Crippen LogP contribution in [0.15, 0.2) is 54.2 Å². The molecule has 2 aromatic carbocycles. The van der Waals surface area contributed by atoms with Crippen LogP contribution >= 0.6 is 0 Å². The maximum atomic E-state index is 14.5. The van der Waals surface area contributed by atoms with Crippen LogP contribution in [0.4, 0.5) is 4.79 Å². The van der Waals surface area contributed by atoms with Crippen molar-refractivity contribution in [1.29, 1.82) is 0 Å². The summed E-state index contributed by atoms with van der Waals surface area (Å²) in [6, 6.07) is 13.1. The number of aromatic amines is 1. The number of carbonyl (C=O) groups is 4. The van der Waals surface area contributed by atoms with E-state index < -0.39 is 23.3 Å². The molecule has 40 heavy (non-hydrogen) atoms. The number of hydrogen-bond acceptors (Lipinski definition) is 6. The summed E-state index contributed by atoms with van der Waals surface area (Å²) < 4.78 is 5.63. The van der Waals surface area contributed by atoms with Crippen LogP contribution < -0.4 is 10.1 Å². The van der Waals surface area contributed by atoms with Crippen molar-refractivity contribution in [2.75, 3.05) is 27.7 Å². The zero-order valence-electron chi connectivity index (χ0n) is 22.9. The summed E-state index contributed by atoms with van der Waals surface area (Å²) in [6.07, 6.45) is 2.23. The Bertz CT molecular complexity index is 1640. The monoisotopic (exact) mass is 538 g/mol. The van der Waals surface area contributed by atoms with Gasteiger partial charge in [0.25, 0.3) is 5.91 Å². The highest BCUT2D eigenvalue weighted by molar-refractivity contribution is 6.43. The van der Waals surface area contributed by atoms with Gasteiger partial charge in [0.15, 0.2) is 11.3 Å². The number of nitrogens with one attached hydrogen (secondary N) is 2. The lowest BCUT2D eigenvalue weighted by molar-refractivity contribution is -0.130. The van der Waals surface area contributed by atoms with Crippen molar-refractivity contribution < 1.29 is 23.9 Å². The van der Waals surface area contributed by atoms with Crippen LogP contribution in [0.2, 0.25) is 0 Å². The molecular weight excluding hydrogens is 508 g/mol. The number of Topliss-reactive ketones (excluding diaryl/α,β-unsaturated/α-hetero) is 2. The van der Waals surface area contributed by atoms with Crippen molar-refractivity contribution in [2.45, 2.75) is 31.8 Å². The molecule has 9 heteroatoms. The third-order valence-corrected chi connectivity index (χ3v) is 8.46. The molecule has 1 atom stereocenters. The molecule has 0 bridgehead atoms. The molecule has 9 nitrogen and oxygen atoms in total. The average molecular weight is 539 g/mol. The van der Waals surface area contributed by atoms with E-state index in [2.05, 4.69) is 10.3 Å². The number of imide groups is 1. The van der Waals surface area contributed by atoms with Crippen LogP contribution in [0.25, 0.3) is 5.57 Å². The molecule has 2 N–H and O–H groups in total. The van der Waals surface area contributed by atoms with Crippen molar-refractivity contribution in [3.05, 3.63) is 93.3 Å². The first kappa shape index (κ1) is 25.8. The number of rotatable bonds is 6. The Morgan fingerprint density at radius 2 is 1.75 bits per heavy atom. The van der Waals surface area contributed by atoms with Gasteiger partial charge in [-0.3, -0.25) is 19.3 Å². The summed E-state index contributed by atoms with van der Waals surface area (Å²) in [4.78, 5) is 61.1. The highest BCUT2D eigenvalue weighted by Crippen LogP contribution is 2.51. The average Bonchev–Trinajstić information content (AvgIpc) is 3.46. The lowest BCUT2D eigenvalue weighted by Gasteiger charge is -2.42. The van der Waals surface area contributed by atoms with Gasteiger partial charge < -0.3 is 19.9 Å². The van der Waals surface area contributed by atoms with Gasteiger partial charge in [0.1, 0.15) is 5.75 Å². The minimum absolute atomic E-state index is 0.0319. The first-order valence-electron chi connectivity index (χ1n) is 13.2. The maximum absolute atomic E-state index is 14.5. The van der Waals surface area contributed by atoms with E-state index in [9.17, 15) is 19.2 Å². The van der Waals surface area contributed by atoms with Crippen molar-refractivity contribution in [3.8, 4) is 5.75 Å². The molecule has 1 aliphatic heterocycles. The second kappa shape index (κ2) is 9.31. The molecule has 3 amide bonds. The number of methoxy groups -OCH3 is 1. The van der Waals surface area contributed by atoms with Crippen molar-refractivity contribution in [3.63, 3.8) is 0 Å². The third kappa shape index (κ3) is 3.43. The Labute approximate surface area is 231 Å². The van der Waals surface area contributed by atoms with E-state index >= 15 is 0 Å². The number of hydrogen-bond donors (Lipinski definition) is 2. The molecule has 204 valence electrons. The van der Waals surface area contributed by atoms with Crippen molar-refractivity contribution in [2.24, 2.45) is 0 Å². The van der Waals surface area contributed by atoms with Gasteiger partial charge in [0.05, 0.1) is 18.4 Å². The number of ketones is 2. The van der Waals surface area contributed by atoms with Gasteiger partial charge in [-0.2, -0.15) is 0 Å². The number of amides is 3. The van der Waals surface area contributed by atoms with Crippen LogP contribution in [-0.4, -0.2) is 71.6 Å². The van der Waals surface area contributed by atoms with Crippen LogP contribution in [-0.2, 0) is 24.2 Å². The number of allylic oxidation sites excluding steroid dienone is 1. The fourth-order valence-electron chi connectivity index (χ4n) is 6.43. The summed E-state index contributed by atoms with van der Waals surface area (Å²) in [7, 11) is 4.44. The largest absolute Gasteiger partial charge is 0.496 e. The van der Waals surface area contributed by atoms with Crippen LogP contribution in [0.1, 0.15) is 48.7 Å². The van der Waals surface area contributed by atoms with E-state index in [4.69, 9.17) is 4.74 Å². The van der Waals surface area contributed by atoms with Gasteiger partial charge in [-0.25, -0.2) is 4.79 Å². The van der Waals surface area contributed by atoms with E-state index in [-0.39, 0.29) is 34.6 Å². The van der Waals surface area contributed by atoms with Gasteiger partial charge >= 0.3 is 6.03 Å². The molecule has 2 heterocycles. The van der Waals surface area contributed by atoms with Gasteiger partial charge in [-0.1, -0.05) is 36.4 Å². The number of likely N-dealkylation sites (N-methyl/N-ethyl adjacent to an activating group) is 2. The Balaban J connectivity index is 1.46. The second-order valence-electron chi connectivity index (χ2n) is 10.6. The number of nitrogens with zero attached hydrogens (tertiary/aromatic N) is 2. The fourth-order valence-corrected chi connectivity index (χ4v) is 6.43. The summed E-state index contributed by atoms with van der Waals surface area (Å²) in [5, 5.41) is 3.39. The summed E-state index contributed by atoms with van der Waals surface area (Å²) in [5.41, 5.74) is 2.90. The van der Waals surface area contributed by atoms with Gasteiger partial charge in [-0.15, -0.1) is 0 Å². The highest BCUT2D eigenvalue weighted by Gasteiger charge is 2.63.